The van der Waals surface area contributed by atoms with Crippen LogP contribution in [0.4, 0.5) is 0 Å². The summed E-state index contributed by atoms with van der Waals surface area (Å²) in [5, 5.41) is 10.8. The summed E-state index contributed by atoms with van der Waals surface area (Å²) in [6.07, 6.45) is 0.0326. The van der Waals surface area contributed by atoms with Crippen LogP contribution in [0.5, 0.6) is 0 Å². The Morgan fingerprint density at radius 2 is 2.04 bits per heavy atom. The van der Waals surface area contributed by atoms with Crippen molar-refractivity contribution in [3.63, 3.8) is 0 Å². The Kier molecular flexibility index (Phi) is 5.98. The van der Waals surface area contributed by atoms with E-state index in [2.05, 4.69) is 15.5 Å². The van der Waals surface area contributed by atoms with Gasteiger partial charge in [-0.25, -0.2) is 0 Å². The highest BCUT2D eigenvalue weighted by Gasteiger charge is 2.12. The summed E-state index contributed by atoms with van der Waals surface area (Å²) in [4.78, 5) is 27.8. The van der Waals surface area contributed by atoms with Gasteiger partial charge >= 0.3 is 5.97 Å². The van der Waals surface area contributed by atoms with Crippen LogP contribution in [0.1, 0.15) is 22.7 Å². The van der Waals surface area contributed by atoms with E-state index in [0.717, 1.165) is 5.56 Å². The Labute approximate surface area is 157 Å². The number of thiophene rings is 1. The molecule has 0 fully saturated rings. The molecule has 7 nitrogen and oxygen atoms in total. The molecule has 0 spiro atoms. The molecule has 0 unspecified atom stereocenters. The molecule has 0 radical (unpaired) electrons. The molecule has 0 aliphatic heterocycles. The topological polar surface area (TPSA) is 94.3 Å². The van der Waals surface area contributed by atoms with Crippen LogP contribution in [0, 0.1) is 0 Å². The average Bonchev–Trinajstić information content (AvgIpc) is 3.32. The van der Waals surface area contributed by atoms with E-state index in [1.165, 1.54) is 11.3 Å². The second-order valence-corrected chi connectivity index (χ2v) is 6.41. The largest absolute Gasteiger partial charge is 0.456 e. The zero-order valence-electron chi connectivity index (χ0n) is 13.5. The number of benzene rings is 1. The molecule has 3 aromatic rings. The van der Waals surface area contributed by atoms with E-state index < -0.39 is 5.97 Å². The molecule has 0 saturated carbocycles. The number of carbonyl (C=O) groups excluding carboxylic acids is 2. The first kappa shape index (κ1) is 18.1. The van der Waals surface area contributed by atoms with E-state index in [9.17, 15) is 9.59 Å². The molecular formula is C17H14ClN3O4S. The Balaban J connectivity index is 1.39. The maximum absolute atomic E-state index is 11.9. The predicted molar refractivity (Wildman–Crippen MR) is 95.8 cm³/mol. The predicted octanol–water partition coefficient (Wildman–Crippen LogP) is 3.31. The molecule has 1 amide bonds. The third-order valence-corrected chi connectivity index (χ3v) is 4.26. The van der Waals surface area contributed by atoms with E-state index in [0.29, 0.717) is 16.4 Å². The number of rotatable bonds is 7. The third kappa shape index (κ3) is 4.90. The summed E-state index contributed by atoms with van der Waals surface area (Å²) in [5.74, 6) is -0.0965. The van der Waals surface area contributed by atoms with E-state index in [-0.39, 0.29) is 31.4 Å². The molecule has 26 heavy (non-hydrogen) atoms. The van der Waals surface area contributed by atoms with Crippen LogP contribution in [-0.4, -0.2) is 28.6 Å². The first-order chi connectivity index (χ1) is 12.6. The smallest absolute Gasteiger partial charge is 0.308 e. The summed E-state index contributed by atoms with van der Waals surface area (Å²) in [6.45, 7) is 0.0470. The number of nitrogens with one attached hydrogen (secondary N) is 1. The monoisotopic (exact) mass is 391 g/mol. The van der Waals surface area contributed by atoms with Crippen molar-refractivity contribution in [1.82, 2.24) is 15.5 Å². The Hall–Kier alpha value is -2.71. The summed E-state index contributed by atoms with van der Waals surface area (Å²) >= 11 is 7.29. The molecule has 134 valence electrons. The van der Waals surface area contributed by atoms with Gasteiger partial charge in [-0.2, -0.15) is 16.3 Å². The summed E-state index contributed by atoms with van der Waals surface area (Å²) < 4.78 is 10.1. The Morgan fingerprint density at radius 3 is 2.77 bits per heavy atom. The normalized spacial score (nSPS) is 10.5. The maximum Gasteiger partial charge on any atom is 0.308 e. The van der Waals surface area contributed by atoms with Gasteiger partial charge in [0.2, 0.25) is 5.82 Å². The van der Waals surface area contributed by atoms with Gasteiger partial charge in [0, 0.05) is 28.1 Å². The molecule has 9 heteroatoms. The summed E-state index contributed by atoms with van der Waals surface area (Å²) in [6, 6.07) is 8.33. The van der Waals surface area contributed by atoms with E-state index in [4.69, 9.17) is 20.9 Å². The fourth-order valence-electron chi connectivity index (χ4n) is 2.02. The molecule has 2 heterocycles. The van der Waals surface area contributed by atoms with Crippen molar-refractivity contribution >= 4 is 34.8 Å². The first-order valence-corrected chi connectivity index (χ1v) is 8.98. The number of carbonyl (C=O) groups is 2. The molecule has 0 aliphatic rings. The highest BCUT2D eigenvalue weighted by Crippen LogP contribution is 2.18. The lowest BCUT2D eigenvalue weighted by atomic mass is 10.2. The highest BCUT2D eigenvalue weighted by atomic mass is 35.5. The molecule has 0 bridgehead atoms. The molecule has 0 aliphatic carbocycles. The fourth-order valence-corrected chi connectivity index (χ4v) is 2.78. The standard InChI is InChI=1S/C17H14ClN3O4S/c18-13-3-1-11(2-4-13)17(23)19-7-5-15(22)24-9-14-20-16(21-25-14)12-6-8-26-10-12/h1-4,6,8,10H,5,7,9H2,(H,19,23). The third-order valence-electron chi connectivity index (χ3n) is 3.33. The lowest BCUT2D eigenvalue weighted by Gasteiger charge is -2.05. The molecule has 1 N–H and O–H groups in total. The highest BCUT2D eigenvalue weighted by molar-refractivity contribution is 7.08. The molecular weight excluding hydrogens is 378 g/mol. The number of aromatic nitrogens is 2. The average molecular weight is 392 g/mol. The van der Waals surface area contributed by atoms with Crippen LogP contribution < -0.4 is 5.32 Å². The van der Waals surface area contributed by atoms with Crippen molar-refractivity contribution in [3.05, 3.63) is 57.6 Å². The molecule has 2 aromatic heterocycles. The number of halogens is 1. The maximum atomic E-state index is 11.9. The number of ether oxygens (including phenoxy) is 1. The van der Waals surface area contributed by atoms with Crippen molar-refractivity contribution in [3.8, 4) is 11.4 Å². The SMILES string of the molecule is O=C(CCNC(=O)c1ccc(Cl)cc1)OCc1nc(-c2ccsc2)no1. The van der Waals surface area contributed by atoms with Gasteiger partial charge in [0.1, 0.15) is 0 Å². The van der Waals surface area contributed by atoms with Crippen LogP contribution in [0.25, 0.3) is 11.4 Å². The molecule has 0 atom stereocenters. The van der Waals surface area contributed by atoms with Crippen molar-refractivity contribution in [2.75, 3.05) is 6.54 Å². The van der Waals surface area contributed by atoms with E-state index >= 15 is 0 Å². The second-order valence-electron chi connectivity index (χ2n) is 5.20. The van der Waals surface area contributed by atoms with Crippen LogP contribution >= 0.6 is 22.9 Å². The van der Waals surface area contributed by atoms with Crippen molar-refractivity contribution in [1.29, 1.82) is 0 Å². The Morgan fingerprint density at radius 1 is 1.23 bits per heavy atom. The van der Waals surface area contributed by atoms with Crippen molar-refractivity contribution in [2.24, 2.45) is 0 Å². The van der Waals surface area contributed by atoms with Gasteiger partial charge in [0.05, 0.1) is 6.42 Å². The molecule has 3 rings (SSSR count). The van der Waals surface area contributed by atoms with Gasteiger partial charge in [-0.3, -0.25) is 9.59 Å². The number of hydrogen-bond donors (Lipinski definition) is 1. The quantitative estimate of drug-likeness (QED) is 0.621. The van der Waals surface area contributed by atoms with Crippen molar-refractivity contribution < 1.29 is 18.8 Å². The van der Waals surface area contributed by atoms with Crippen molar-refractivity contribution in [2.45, 2.75) is 13.0 Å². The number of amides is 1. The van der Waals surface area contributed by atoms with E-state index in [1.54, 1.807) is 24.3 Å². The lowest BCUT2D eigenvalue weighted by Crippen LogP contribution is -2.26. The van der Waals surface area contributed by atoms with Crippen LogP contribution in [-0.2, 0) is 16.1 Å². The fraction of sp³-hybridized carbons (Fsp3) is 0.176. The van der Waals surface area contributed by atoms with Gasteiger partial charge < -0.3 is 14.6 Å². The van der Waals surface area contributed by atoms with Gasteiger partial charge in [-0.1, -0.05) is 16.8 Å². The van der Waals surface area contributed by atoms with Gasteiger partial charge in [-0.15, -0.1) is 0 Å². The second kappa shape index (κ2) is 8.59. The minimum absolute atomic E-state index is 0.0326. The lowest BCUT2D eigenvalue weighted by molar-refractivity contribution is -0.145. The summed E-state index contributed by atoms with van der Waals surface area (Å²) in [5.41, 5.74) is 1.32. The number of esters is 1. The summed E-state index contributed by atoms with van der Waals surface area (Å²) in [7, 11) is 0. The van der Waals surface area contributed by atoms with E-state index in [1.807, 2.05) is 16.8 Å². The molecule has 0 saturated heterocycles. The number of hydrogen-bond acceptors (Lipinski definition) is 7. The zero-order chi connectivity index (χ0) is 18.4. The van der Waals surface area contributed by atoms with Crippen LogP contribution in [0.2, 0.25) is 5.02 Å². The number of nitrogens with zero attached hydrogens (tertiary/aromatic N) is 2. The minimum atomic E-state index is -0.475. The van der Waals surface area contributed by atoms with Crippen LogP contribution in [0.3, 0.4) is 0 Å². The van der Waals surface area contributed by atoms with Gasteiger partial charge in [0.15, 0.2) is 6.61 Å². The Bertz CT molecular complexity index is 878. The van der Waals surface area contributed by atoms with Crippen LogP contribution in [0.15, 0.2) is 45.6 Å². The van der Waals surface area contributed by atoms with Gasteiger partial charge in [0.25, 0.3) is 11.8 Å². The molecule has 1 aromatic carbocycles. The zero-order valence-corrected chi connectivity index (χ0v) is 15.0. The first-order valence-electron chi connectivity index (χ1n) is 7.66. The van der Waals surface area contributed by atoms with Gasteiger partial charge in [-0.05, 0) is 35.7 Å². The minimum Gasteiger partial charge on any atom is -0.456 e.